The first-order valence-corrected chi connectivity index (χ1v) is 8.46. The molecule has 134 valence electrons. The van der Waals surface area contributed by atoms with Gasteiger partial charge in [0.1, 0.15) is 22.8 Å². The number of Topliss-reactive ketones (excluding diaryl/α,β-unsaturated/α-hetero) is 1. The molecule has 1 N–H and O–H groups in total. The third kappa shape index (κ3) is 5.87. The van der Waals surface area contributed by atoms with E-state index in [1.807, 2.05) is 0 Å². The van der Waals surface area contributed by atoms with Crippen molar-refractivity contribution in [3.05, 3.63) is 17.7 Å². The van der Waals surface area contributed by atoms with E-state index in [1.165, 1.54) is 27.1 Å². The molecule has 0 amide bonds. The fourth-order valence-corrected chi connectivity index (χ4v) is 2.56. The molecule has 24 heavy (non-hydrogen) atoms. The second kappa shape index (κ2) is 10.7. The molecular formula is C19H29NO4. The van der Waals surface area contributed by atoms with Gasteiger partial charge in [-0.25, -0.2) is 0 Å². The summed E-state index contributed by atoms with van der Waals surface area (Å²) in [6, 6.07) is 3.34. The molecule has 0 fully saturated rings. The van der Waals surface area contributed by atoms with Crippen molar-refractivity contribution in [2.24, 2.45) is 0 Å². The van der Waals surface area contributed by atoms with Gasteiger partial charge in [0.2, 0.25) is 0 Å². The molecule has 0 aliphatic rings. The number of nitrogens with one attached hydrogen (secondary N) is 1. The Balaban J connectivity index is 2.72. The lowest BCUT2D eigenvalue weighted by Crippen LogP contribution is -2.08. The summed E-state index contributed by atoms with van der Waals surface area (Å²) in [6.07, 6.45) is 6.08. The van der Waals surface area contributed by atoms with Crippen molar-refractivity contribution in [3.63, 3.8) is 0 Å². The van der Waals surface area contributed by atoms with Crippen LogP contribution in [-0.4, -0.2) is 32.8 Å². The van der Waals surface area contributed by atoms with E-state index in [9.17, 15) is 4.79 Å². The molecule has 0 atom stereocenters. The molecule has 0 aromatic heterocycles. The fraction of sp³-hybridized carbons (Fsp3) is 0.579. The SMILES string of the molecule is CCCCCCC(=N)CCC(=O)c1c(OC)cc(OC)cc1OC. The third-order valence-electron chi connectivity index (χ3n) is 3.98. The van der Waals surface area contributed by atoms with Gasteiger partial charge < -0.3 is 19.6 Å². The van der Waals surface area contributed by atoms with E-state index >= 15 is 0 Å². The standard InChI is InChI=1S/C19H29NO4/c1-5-6-7-8-9-14(20)10-11-16(21)19-17(23-3)12-15(22-2)13-18(19)24-4/h12-13,20H,5-11H2,1-4H3. The van der Waals surface area contributed by atoms with Crippen LogP contribution in [0.1, 0.15) is 62.2 Å². The maximum atomic E-state index is 12.6. The monoisotopic (exact) mass is 335 g/mol. The summed E-state index contributed by atoms with van der Waals surface area (Å²) in [4.78, 5) is 12.6. The normalized spacial score (nSPS) is 10.3. The summed E-state index contributed by atoms with van der Waals surface area (Å²) >= 11 is 0. The molecular weight excluding hydrogens is 306 g/mol. The number of hydrogen-bond acceptors (Lipinski definition) is 5. The molecule has 0 saturated carbocycles. The second-order valence-electron chi connectivity index (χ2n) is 5.74. The lowest BCUT2D eigenvalue weighted by molar-refractivity contribution is 0.0978. The lowest BCUT2D eigenvalue weighted by Gasteiger charge is -2.14. The summed E-state index contributed by atoms with van der Waals surface area (Å²) in [7, 11) is 4.58. The quantitative estimate of drug-likeness (QED) is 0.342. The maximum Gasteiger partial charge on any atom is 0.170 e. The minimum atomic E-state index is -0.0790. The number of benzene rings is 1. The van der Waals surface area contributed by atoms with Crippen LogP contribution < -0.4 is 14.2 Å². The molecule has 0 bridgehead atoms. The van der Waals surface area contributed by atoms with Crippen LogP contribution in [0, 0.1) is 5.41 Å². The zero-order valence-corrected chi connectivity index (χ0v) is 15.2. The molecule has 0 unspecified atom stereocenters. The van der Waals surface area contributed by atoms with Crippen LogP contribution in [0.2, 0.25) is 0 Å². The van der Waals surface area contributed by atoms with Crippen LogP contribution in [0.4, 0.5) is 0 Å². The van der Waals surface area contributed by atoms with Gasteiger partial charge in [-0.15, -0.1) is 0 Å². The summed E-state index contributed by atoms with van der Waals surface area (Å²) in [5.41, 5.74) is 1.05. The van der Waals surface area contributed by atoms with Crippen molar-refractivity contribution in [1.82, 2.24) is 0 Å². The first-order chi connectivity index (χ1) is 11.6. The third-order valence-corrected chi connectivity index (χ3v) is 3.98. The molecule has 0 aliphatic carbocycles. The first-order valence-electron chi connectivity index (χ1n) is 8.46. The van der Waals surface area contributed by atoms with E-state index in [0.29, 0.717) is 34.9 Å². The number of methoxy groups -OCH3 is 3. The molecule has 5 heteroatoms. The van der Waals surface area contributed by atoms with E-state index < -0.39 is 0 Å². The number of carbonyl (C=O) groups is 1. The van der Waals surface area contributed by atoms with Gasteiger partial charge in [-0.2, -0.15) is 0 Å². The summed E-state index contributed by atoms with van der Waals surface area (Å²) < 4.78 is 15.8. The van der Waals surface area contributed by atoms with E-state index in [2.05, 4.69) is 6.92 Å². The predicted molar refractivity (Wildman–Crippen MR) is 96.1 cm³/mol. The van der Waals surface area contributed by atoms with Crippen molar-refractivity contribution in [2.75, 3.05) is 21.3 Å². The van der Waals surface area contributed by atoms with Crippen molar-refractivity contribution in [3.8, 4) is 17.2 Å². The zero-order chi connectivity index (χ0) is 17.9. The average molecular weight is 335 g/mol. The van der Waals surface area contributed by atoms with Crippen LogP contribution in [0.3, 0.4) is 0 Å². The second-order valence-corrected chi connectivity index (χ2v) is 5.74. The van der Waals surface area contributed by atoms with Crippen LogP contribution in [-0.2, 0) is 0 Å². The summed E-state index contributed by atoms with van der Waals surface area (Å²) in [5, 5.41) is 8.01. The Hall–Kier alpha value is -2.04. The van der Waals surface area contributed by atoms with Gasteiger partial charge in [-0.1, -0.05) is 26.2 Å². The van der Waals surface area contributed by atoms with Gasteiger partial charge in [-0.05, 0) is 19.3 Å². The minimum Gasteiger partial charge on any atom is -0.496 e. The van der Waals surface area contributed by atoms with E-state index in [4.69, 9.17) is 19.6 Å². The van der Waals surface area contributed by atoms with Crippen LogP contribution in [0.5, 0.6) is 17.2 Å². The first kappa shape index (κ1) is 20.0. The number of carbonyl (C=O) groups excluding carboxylic acids is 1. The predicted octanol–water partition coefficient (Wildman–Crippen LogP) is 4.67. The Kier molecular flexibility index (Phi) is 8.90. The number of ether oxygens (including phenoxy) is 3. The van der Waals surface area contributed by atoms with Gasteiger partial charge in [0.15, 0.2) is 5.78 Å². The molecule has 1 aromatic rings. The van der Waals surface area contributed by atoms with Crippen molar-refractivity contribution in [1.29, 1.82) is 5.41 Å². The highest BCUT2D eigenvalue weighted by Crippen LogP contribution is 2.35. The van der Waals surface area contributed by atoms with Gasteiger partial charge in [0, 0.05) is 24.3 Å². The molecule has 0 spiro atoms. The summed E-state index contributed by atoms with van der Waals surface area (Å²) in [6.45, 7) is 2.17. The maximum absolute atomic E-state index is 12.6. The van der Waals surface area contributed by atoms with Crippen LogP contribution in [0.25, 0.3) is 0 Å². The molecule has 1 aromatic carbocycles. The zero-order valence-electron chi connectivity index (χ0n) is 15.2. The van der Waals surface area contributed by atoms with E-state index in [-0.39, 0.29) is 12.2 Å². The Morgan fingerprint density at radius 3 is 2.04 bits per heavy atom. The highest BCUT2D eigenvalue weighted by molar-refractivity contribution is 6.03. The Labute approximate surface area is 144 Å². The Bertz CT molecular complexity index is 529. The Morgan fingerprint density at radius 1 is 0.917 bits per heavy atom. The smallest absolute Gasteiger partial charge is 0.170 e. The van der Waals surface area contributed by atoms with E-state index in [0.717, 1.165) is 19.3 Å². The largest absolute Gasteiger partial charge is 0.496 e. The van der Waals surface area contributed by atoms with E-state index in [1.54, 1.807) is 19.2 Å². The average Bonchev–Trinajstić information content (AvgIpc) is 2.61. The van der Waals surface area contributed by atoms with Crippen LogP contribution >= 0.6 is 0 Å². The number of rotatable bonds is 12. The number of unbranched alkanes of at least 4 members (excludes halogenated alkanes) is 3. The van der Waals surface area contributed by atoms with Crippen molar-refractivity contribution in [2.45, 2.75) is 51.9 Å². The van der Waals surface area contributed by atoms with Gasteiger partial charge in [-0.3, -0.25) is 4.79 Å². The topological polar surface area (TPSA) is 68.6 Å². The van der Waals surface area contributed by atoms with Gasteiger partial charge in [0.25, 0.3) is 0 Å². The van der Waals surface area contributed by atoms with Crippen molar-refractivity contribution < 1.29 is 19.0 Å². The van der Waals surface area contributed by atoms with Gasteiger partial charge in [0.05, 0.1) is 21.3 Å². The highest BCUT2D eigenvalue weighted by Gasteiger charge is 2.20. The Morgan fingerprint density at radius 2 is 1.54 bits per heavy atom. The molecule has 0 heterocycles. The number of ketones is 1. The lowest BCUT2D eigenvalue weighted by atomic mass is 10.00. The highest BCUT2D eigenvalue weighted by atomic mass is 16.5. The molecule has 0 aliphatic heterocycles. The molecule has 1 rings (SSSR count). The summed E-state index contributed by atoms with van der Waals surface area (Å²) in [5.74, 6) is 1.37. The molecule has 5 nitrogen and oxygen atoms in total. The number of hydrogen-bond donors (Lipinski definition) is 1. The molecule has 0 saturated heterocycles. The molecule has 0 radical (unpaired) electrons. The van der Waals surface area contributed by atoms with Gasteiger partial charge >= 0.3 is 0 Å². The fourth-order valence-electron chi connectivity index (χ4n) is 2.56. The minimum absolute atomic E-state index is 0.0790. The van der Waals surface area contributed by atoms with Crippen LogP contribution in [0.15, 0.2) is 12.1 Å². The van der Waals surface area contributed by atoms with Crippen molar-refractivity contribution >= 4 is 11.5 Å².